The highest BCUT2D eigenvalue weighted by Gasteiger charge is 2.17. The third-order valence-corrected chi connectivity index (χ3v) is 5.53. The number of nitro benzene ring substituents is 1. The fraction of sp³-hybridized carbons (Fsp3) is 0. The van der Waals surface area contributed by atoms with E-state index in [9.17, 15) is 20.0 Å². The molecule has 0 fully saturated rings. The summed E-state index contributed by atoms with van der Waals surface area (Å²) in [6.07, 6.45) is 3.23. The first kappa shape index (κ1) is 23.0. The Labute approximate surface area is 202 Å². The number of non-ortho nitro benzene ring substituents is 1. The van der Waals surface area contributed by atoms with Crippen molar-refractivity contribution in [2.45, 2.75) is 0 Å². The molecule has 3 aromatic carbocycles. The number of carboxylic acids is 1. The van der Waals surface area contributed by atoms with Gasteiger partial charge in [0.25, 0.3) is 5.69 Å². The van der Waals surface area contributed by atoms with Crippen LogP contribution in [-0.2, 0) is 0 Å². The lowest BCUT2D eigenvalue weighted by Crippen LogP contribution is -2.00. The van der Waals surface area contributed by atoms with Crippen LogP contribution in [0.1, 0.15) is 21.5 Å². The van der Waals surface area contributed by atoms with Crippen LogP contribution in [0.15, 0.2) is 54.6 Å². The van der Waals surface area contributed by atoms with Crippen LogP contribution in [0, 0.1) is 10.1 Å². The number of aromatic hydroxyl groups is 1. The summed E-state index contributed by atoms with van der Waals surface area (Å²) in [5.41, 5.74) is 1.68. The predicted octanol–water partition coefficient (Wildman–Crippen LogP) is 6.16. The summed E-state index contributed by atoms with van der Waals surface area (Å²) >= 11 is 12.0. The molecule has 0 atom stereocenters. The molecule has 34 heavy (non-hydrogen) atoms. The summed E-state index contributed by atoms with van der Waals surface area (Å²) < 4.78 is 0. The summed E-state index contributed by atoms with van der Waals surface area (Å²) in [7, 11) is 0. The van der Waals surface area contributed by atoms with Gasteiger partial charge < -0.3 is 15.5 Å². The maximum Gasteiger partial charge on any atom is 0.335 e. The Bertz CT molecular complexity index is 1470. The molecule has 0 saturated carbocycles. The number of halogens is 2. The second-order valence-corrected chi connectivity index (χ2v) is 7.89. The van der Waals surface area contributed by atoms with Gasteiger partial charge in [-0.2, -0.15) is 4.98 Å². The Morgan fingerprint density at radius 1 is 1.00 bits per heavy atom. The summed E-state index contributed by atoms with van der Waals surface area (Å²) in [5, 5.41) is 34.6. The fourth-order valence-electron chi connectivity index (χ4n) is 3.14. The minimum Gasteiger partial charge on any atom is -0.493 e. The number of aromatic nitrogens is 2. The quantitative estimate of drug-likeness (QED) is 0.164. The average molecular weight is 497 g/mol. The lowest BCUT2D eigenvalue weighted by molar-refractivity contribution is -0.384. The number of carboxylic acid groups (broad SMARTS) is 1. The SMILES string of the molecule is O=C(O)c1ccc(/C=C/c2cc([N+](=O)[O-])cc3c(O)nc(Nc4ccc(Cl)c(Cl)c4)nc23)cc1. The fourth-order valence-corrected chi connectivity index (χ4v) is 3.44. The van der Waals surface area contributed by atoms with Crippen LogP contribution < -0.4 is 5.32 Å². The number of nitro groups is 1. The third kappa shape index (κ3) is 4.90. The van der Waals surface area contributed by atoms with Crippen LogP contribution in [0.5, 0.6) is 5.88 Å². The first-order valence-corrected chi connectivity index (χ1v) is 10.4. The number of nitrogens with zero attached hydrogens (tertiary/aromatic N) is 3. The number of hydrogen-bond acceptors (Lipinski definition) is 7. The molecule has 1 aromatic heterocycles. The Hall–Kier alpha value is -4.21. The van der Waals surface area contributed by atoms with Gasteiger partial charge in [-0.1, -0.05) is 47.5 Å². The van der Waals surface area contributed by atoms with Gasteiger partial charge in [-0.3, -0.25) is 10.1 Å². The highest BCUT2D eigenvalue weighted by Crippen LogP contribution is 2.33. The smallest absolute Gasteiger partial charge is 0.335 e. The monoisotopic (exact) mass is 496 g/mol. The van der Waals surface area contributed by atoms with Crippen LogP contribution in [0.4, 0.5) is 17.3 Å². The molecule has 3 N–H and O–H groups in total. The minimum atomic E-state index is -1.05. The van der Waals surface area contributed by atoms with Crippen LogP contribution in [-0.4, -0.2) is 31.1 Å². The summed E-state index contributed by atoms with van der Waals surface area (Å²) in [6.45, 7) is 0. The van der Waals surface area contributed by atoms with Gasteiger partial charge in [-0.25, -0.2) is 9.78 Å². The molecule has 4 aromatic rings. The molecule has 4 rings (SSSR count). The Morgan fingerprint density at radius 3 is 2.38 bits per heavy atom. The molecule has 9 nitrogen and oxygen atoms in total. The van der Waals surface area contributed by atoms with Gasteiger partial charge in [0, 0.05) is 23.4 Å². The molecular formula is C23H14Cl2N4O5. The molecule has 170 valence electrons. The maximum atomic E-state index is 11.4. The van der Waals surface area contributed by atoms with Crippen molar-refractivity contribution in [3.63, 3.8) is 0 Å². The molecule has 0 aliphatic rings. The molecule has 0 spiro atoms. The predicted molar refractivity (Wildman–Crippen MR) is 130 cm³/mol. The number of nitrogens with one attached hydrogen (secondary N) is 1. The highest BCUT2D eigenvalue weighted by molar-refractivity contribution is 6.42. The Morgan fingerprint density at radius 2 is 1.74 bits per heavy atom. The van der Waals surface area contributed by atoms with Gasteiger partial charge in [0.15, 0.2) is 0 Å². The van der Waals surface area contributed by atoms with E-state index in [0.29, 0.717) is 26.9 Å². The van der Waals surface area contributed by atoms with E-state index in [2.05, 4.69) is 15.3 Å². The van der Waals surface area contributed by atoms with Crippen LogP contribution in [0.25, 0.3) is 23.1 Å². The standard InChI is InChI=1S/C23H14Cl2N4O5/c24-18-8-7-15(10-19(18)25)26-23-27-20-14(6-3-12-1-4-13(5-2-12)22(31)32)9-16(29(33)34)11-17(20)21(30)28-23/h1-11H,(H,31,32)(H2,26,27,28,30)/b6-3+. The van der Waals surface area contributed by atoms with Crippen molar-refractivity contribution in [1.29, 1.82) is 0 Å². The molecule has 0 amide bonds. The van der Waals surface area contributed by atoms with E-state index in [1.165, 1.54) is 24.3 Å². The van der Waals surface area contributed by atoms with Crippen molar-refractivity contribution in [3.05, 3.63) is 91.4 Å². The third-order valence-electron chi connectivity index (χ3n) is 4.79. The van der Waals surface area contributed by atoms with Gasteiger partial charge in [0.05, 0.1) is 31.4 Å². The first-order valence-electron chi connectivity index (χ1n) is 9.64. The zero-order valence-corrected chi connectivity index (χ0v) is 18.6. The second-order valence-electron chi connectivity index (χ2n) is 7.07. The molecule has 11 heteroatoms. The molecule has 0 aliphatic heterocycles. The van der Waals surface area contributed by atoms with Crippen molar-refractivity contribution < 1.29 is 19.9 Å². The van der Waals surface area contributed by atoms with Gasteiger partial charge in [0.1, 0.15) is 0 Å². The summed E-state index contributed by atoms with van der Waals surface area (Å²) in [4.78, 5) is 30.3. The van der Waals surface area contributed by atoms with E-state index in [0.717, 1.165) is 0 Å². The first-order chi connectivity index (χ1) is 16.2. The topological polar surface area (TPSA) is 138 Å². The molecule has 0 bridgehead atoms. The lowest BCUT2D eigenvalue weighted by Gasteiger charge is -2.10. The largest absolute Gasteiger partial charge is 0.493 e. The number of fused-ring (bicyclic) bond motifs is 1. The number of carbonyl (C=O) groups is 1. The number of hydrogen-bond donors (Lipinski definition) is 3. The molecule has 0 saturated heterocycles. The zero-order chi connectivity index (χ0) is 24.4. The molecule has 0 aliphatic carbocycles. The molecule has 0 radical (unpaired) electrons. The minimum absolute atomic E-state index is 0.0395. The second kappa shape index (κ2) is 9.34. The summed E-state index contributed by atoms with van der Waals surface area (Å²) in [6, 6.07) is 13.4. The highest BCUT2D eigenvalue weighted by atomic mass is 35.5. The van der Waals surface area contributed by atoms with Crippen molar-refractivity contribution in [2.75, 3.05) is 5.32 Å². The average Bonchev–Trinajstić information content (AvgIpc) is 2.80. The Kier molecular flexibility index (Phi) is 6.31. The number of aromatic carboxylic acids is 1. The summed E-state index contributed by atoms with van der Waals surface area (Å²) in [5.74, 6) is -1.45. The number of anilines is 2. The number of rotatable bonds is 6. The van der Waals surface area contributed by atoms with Crippen LogP contribution in [0.3, 0.4) is 0 Å². The van der Waals surface area contributed by atoms with Crippen molar-refractivity contribution >= 4 is 69.5 Å². The van der Waals surface area contributed by atoms with Crippen molar-refractivity contribution in [3.8, 4) is 5.88 Å². The van der Waals surface area contributed by atoms with Gasteiger partial charge >= 0.3 is 5.97 Å². The van der Waals surface area contributed by atoms with Crippen molar-refractivity contribution in [1.82, 2.24) is 9.97 Å². The number of benzene rings is 3. The Balaban J connectivity index is 1.78. The molecular weight excluding hydrogens is 483 g/mol. The van der Waals surface area contributed by atoms with Gasteiger partial charge in [-0.15, -0.1) is 0 Å². The lowest BCUT2D eigenvalue weighted by atomic mass is 10.1. The van der Waals surface area contributed by atoms with E-state index in [1.807, 2.05) is 0 Å². The van der Waals surface area contributed by atoms with E-state index in [1.54, 1.807) is 42.5 Å². The van der Waals surface area contributed by atoms with Gasteiger partial charge in [-0.05, 0) is 35.9 Å². The van der Waals surface area contributed by atoms with E-state index < -0.39 is 16.8 Å². The van der Waals surface area contributed by atoms with Crippen LogP contribution in [0.2, 0.25) is 10.0 Å². The van der Waals surface area contributed by atoms with E-state index in [-0.39, 0.29) is 28.1 Å². The van der Waals surface area contributed by atoms with E-state index >= 15 is 0 Å². The van der Waals surface area contributed by atoms with Gasteiger partial charge in [0.2, 0.25) is 11.8 Å². The van der Waals surface area contributed by atoms with E-state index in [4.69, 9.17) is 28.3 Å². The molecule has 0 unspecified atom stereocenters. The van der Waals surface area contributed by atoms with Crippen molar-refractivity contribution in [2.24, 2.45) is 0 Å². The normalized spacial score (nSPS) is 11.1. The zero-order valence-electron chi connectivity index (χ0n) is 17.1. The van der Waals surface area contributed by atoms with Crippen LogP contribution >= 0.6 is 23.2 Å². The maximum absolute atomic E-state index is 11.4. The molecule has 1 heterocycles.